The van der Waals surface area contributed by atoms with Gasteiger partial charge in [0.15, 0.2) is 0 Å². The lowest BCUT2D eigenvalue weighted by Crippen LogP contribution is -2.47. The van der Waals surface area contributed by atoms with Gasteiger partial charge in [0.2, 0.25) is 5.91 Å². The first kappa shape index (κ1) is 22.9. The van der Waals surface area contributed by atoms with Crippen molar-refractivity contribution in [3.63, 3.8) is 0 Å². The Bertz CT molecular complexity index is 1120. The summed E-state index contributed by atoms with van der Waals surface area (Å²) in [4.78, 5) is 13.1. The highest BCUT2D eigenvalue weighted by Gasteiger charge is 2.30. The highest BCUT2D eigenvalue weighted by Crippen LogP contribution is 2.34. The molecule has 0 fully saturated rings. The number of phenols is 1. The zero-order valence-electron chi connectivity index (χ0n) is 19.6. The third-order valence-corrected chi connectivity index (χ3v) is 6.62. The zero-order valence-corrected chi connectivity index (χ0v) is 19.6. The molecule has 5 nitrogen and oxygen atoms in total. The predicted octanol–water partition coefficient (Wildman–Crippen LogP) is 4.39. The Morgan fingerprint density at radius 3 is 2.48 bits per heavy atom. The first-order chi connectivity index (χ1) is 15.8. The van der Waals surface area contributed by atoms with E-state index in [1.54, 1.807) is 12.1 Å². The Balaban J connectivity index is 1.52. The number of aromatic hydroxyl groups is 1. The van der Waals surface area contributed by atoms with E-state index in [4.69, 9.17) is 5.73 Å². The number of fused-ring (bicyclic) bond motifs is 1. The van der Waals surface area contributed by atoms with Gasteiger partial charge in [0.25, 0.3) is 0 Å². The van der Waals surface area contributed by atoms with E-state index in [2.05, 4.69) is 60.0 Å². The number of phenolic OH excluding ortho intramolecular Hbond substituents is 1. The first-order valence-corrected chi connectivity index (χ1v) is 11.6. The molecule has 3 aromatic carbocycles. The Morgan fingerprint density at radius 1 is 1.09 bits per heavy atom. The molecule has 0 saturated heterocycles. The van der Waals surface area contributed by atoms with E-state index in [9.17, 15) is 9.90 Å². The minimum absolute atomic E-state index is 0.0995. The highest BCUT2D eigenvalue weighted by atomic mass is 16.3. The SMILES string of the molecule is Cc1cc(O)cc(C)c1CC(N)C(=O)NC1c2cc(Cc3ccccc3)ccc2NCC1C. The third-order valence-electron chi connectivity index (χ3n) is 6.62. The fourth-order valence-corrected chi connectivity index (χ4v) is 4.75. The predicted molar refractivity (Wildman–Crippen MR) is 133 cm³/mol. The van der Waals surface area contributed by atoms with E-state index in [1.807, 2.05) is 19.9 Å². The second kappa shape index (κ2) is 9.67. The van der Waals surface area contributed by atoms with E-state index in [0.29, 0.717) is 6.42 Å². The van der Waals surface area contributed by atoms with E-state index >= 15 is 0 Å². The maximum atomic E-state index is 13.1. The fourth-order valence-electron chi connectivity index (χ4n) is 4.75. The summed E-state index contributed by atoms with van der Waals surface area (Å²) >= 11 is 0. The Kier molecular flexibility index (Phi) is 6.70. The summed E-state index contributed by atoms with van der Waals surface area (Å²) in [5.74, 6) is 0.316. The smallest absolute Gasteiger partial charge is 0.237 e. The number of benzene rings is 3. The number of rotatable bonds is 6. The number of nitrogens with two attached hydrogens (primary N) is 1. The molecule has 5 heteroatoms. The van der Waals surface area contributed by atoms with Crippen LogP contribution in [0.2, 0.25) is 0 Å². The van der Waals surface area contributed by atoms with E-state index < -0.39 is 6.04 Å². The molecule has 5 N–H and O–H groups in total. The zero-order chi connectivity index (χ0) is 23.5. The van der Waals surface area contributed by atoms with Gasteiger partial charge in [0.05, 0.1) is 12.1 Å². The lowest BCUT2D eigenvalue weighted by molar-refractivity contribution is -0.123. The van der Waals surface area contributed by atoms with Crippen molar-refractivity contribution in [2.75, 3.05) is 11.9 Å². The van der Waals surface area contributed by atoms with Gasteiger partial charge in [-0.2, -0.15) is 0 Å². The van der Waals surface area contributed by atoms with Crippen LogP contribution in [0.1, 0.15) is 46.3 Å². The van der Waals surface area contributed by atoms with Crippen LogP contribution in [0, 0.1) is 19.8 Å². The van der Waals surface area contributed by atoms with Crippen LogP contribution in [0.25, 0.3) is 0 Å². The van der Waals surface area contributed by atoms with Gasteiger partial charge < -0.3 is 21.5 Å². The van der Waals surface area contributed by atoms with Crippen molar-refractivity contribution in [2.24, 2.45) is 11.7 Å². The summed E-state index contributed by atoms with van der Waals surface area (Å²) in [7, 11) is 0. The van der Waals surface area contributed by atoms with Gasteiger partial charge in [-0.1, -0.05) is 49.4 Å². The number of aryl methyl sites for hydroxylation is 2. The van der Waals surface area contributed by atoms with Gasteiger partial charge in [-0.15, -0.1) is 0 Å². The Hall–Kier alpha value is -3.31. The third kappa shape index (κ3) is 5.20. The largest absolute Gasteiger partial charge is 0.508 e. The van der Waals surface area contributed by atoms with Crippen molar-refractivity contribution in [1.29, 1.82) is 0 Å². The summed E-state index contributed by atoms with van der Waals surface area (Å²) in [5, 5.41) is 16.5. The Labute approximate surface area is 196 Å². The lowest BCUT2D eigenvalue weighted by Gasteiger charge is -2.34. The first-order valence-electron chi connectivity index (χ1n) is 11.6. The second-order valence-electron chi connectivity index (χ2n) is 9.30. The standard InChI is InChI=1S/C28H33N3O2/c1-17-11-22(32)12-18(2)23(17)15-25(29)28(33)31-27-19(3)16-30-26-10-9-21(14-24(26)27)13-20-7-5-4-6-8-20/h4-12,14,19,25,27,30,32H,13,15-16,29H2,1-3H3,(H,31,33). The van der Waals surface area contributed by atoms with Gasteiger partial charge in [-0.25, -0.2) is 0 Å². The summed E-state index contributed by atoms with van der Waals surface area (Å²) in [6.07, 6.45) is 1.28. The molecule has 0 saturated carbocycles. The van der Waals surface area contributed by atoms with Crippen molar-refractivity contribution in [3.05, 3.63) is 94.0 Å². The number of hydrogen-bond donors (Lipinski definition) is 4. The molecular weight excluding hydrogens is 410 g/mol. The summed E-state index contributed by atoms with van der Waals surface area (Å²) < 4.78 is 0. The number of anilines is 1. The van der Waals surface area contributed by atoms with E-state index in [0.717, 1.165) is 40.9 Å². The number of hydrogen-bond acceptors (Lipinski definition) is 4. The summed E-state index contributed by atoms with van der Waals surface area (Å²) in [6, 6.07) is 19.5. The molecule has 0 spiro atoms. The maximum Gasteiger partial charge on any atom is 0.237 e. The number of carbonyl (C=O) groups is 1. The van der Waals surface area contributed by atoms with Crippen molar-refractivity contribution in [2.45, 2.75) is 45.7 Å². The molecule has 4 rings (SSSR count). The van der Waals surface area contributed by atoms with Crippen LogP contribution >= 0.6 is 0 Å². The molecule has 1 amide bonds. The number of carbonyl (C=O) groups excluding carboxylic acids is 1. The second-order valence-corrected chi connectivity index (χ2v) is 9.30. The van der Waals surface area contributed by atoms with Crippen LogP contribution < -0.4 is 16.4 Å². The van der Waals surface area contributed by atoms with Crippen LogP contribution in [-0.4, -0.2) is 23.6 Å². The fraction of sp³-hybridized carbons (Fsp3) is 0.321. The number of nitrogens with one attached hydrogen (secondary N) is 2. The normalized spacial score (nSPS) is 18.2. The Morgan fingerprint density at radius 2 is 1.79 bits per heavy atom. The van der Waals surface area contributed by atoms with Crippen LogP contribution in [0.15, 0.2) is 60.7 Å². The molecule has 0 bridgehead atoms. The molecule has 172 valence electrons. The molecule has 3 atom stereocenters. The minimum atomic E-state index is -0.662. The molecule has 1 aliphatic rings. The molecule has 1 heterocycles. The van der Waals surface area contributed by atoms with Crippen molar-refractivity contribution >= 4 is 11.6 Å². The lowest BCUT2D eigenvalue weighted by atomic mass is 9.87. The van der Waals surface area contributed by atoms with Crippen LogP contribution in [-0.2, 0) is 17.6 Å². The minimum Gasteiger partial charge on any atom is -0.508 e. The van der Waals surface area contributed by atoms with E-state index in [-0.39, 0.29) is 23.6 Å². The molecule has 1 aliphatic heterocycles. The van der Waals surface area contributed by atoms with E-state index in [1.165, 1.54) is 11.1 Å². The quantitative estimate of drug-likeness (QED) is 0.455. The summed E-state index contributed by atoms with van der Waals surface area (Å²) in [6.45, 7) is 6.81. The monoisotopic (exact) mass is 443 g/mol. The van der Waals surface area contributed by atoms with Gasteiger partial charge in [0, 0.05) is 12.2 Å². The average molecular weight is 444 g/mol. The van der Waals surface area contributed by atoms with Gasteiger partial charge in [0.1, 0.15) is 5.75 Å². The molecule has 0 radical (unpaired) electrons. The van der Waals surface area contributed by atoms with Crippen molar-refractivity contribution in [1.82, 2.24) is 5.32 Å². The van der Waals surface area contributed by atoms with Crippen LogP contribution in [0.4, 0.5) is 5.69 Å². The molecule has 3 aromatic rings. The van der Waals surface area contributed by atoms with Crippen molar-refractivity contribution in [3.8, 4) is 5.75 Å². The highest BCUT2D eigenvalue weighted by molar-refractivity contribution is 5.83. The van der Waals surface area contributed by atoms with Crippen LogP contribution in [0.5, 0.6) is 5.75 Å². The molecule has 0 aromatic heterocycles. The number of amides is 1. The van der Waals surface area contributed by atoms with Gasteiger partial charge in [-0.05, 0) is 84.2 Å². The van der Waals surface area contributed by atoms with Gasteiger partial charge >= 0.3 is 0 Å². The van der Waals surface area contributed by atoms with Crippen molar-refractivity contribution < 1.29 is 9.90 Å². The molecule has 3 unspecified atom stereocenters. The topological polar surface area (TPSA) is 87.4 Å². The maximum absolute atomic E-state index is 13.1. The van der Waals surface area contributed by atoms with Gasteiger partial charge in [-0.3, -0.25) is 4.79 Å². The molecular formula is C28H33N3O2. The average Bonchev–Trinajstić information content (AvgIpc) is 2.78. The summed E-state index contributed by atoms with van der Waals surface area (Å²) in [5.41, 5.74) is 13.9. The molecule has 33 heavy (non-hydrogen) atoms. The van der Waals surface area contributed by atoms with Crippen LogP contribution in [0.3, 0.4) is 0 Å². The molecule has 0 aliphatic carbocycles.